The molecule has 1 aliphatic rings. The molecule has 0 saturated carbocycles. The van der Waals surface area contributed by atoms with Gasteiger partial charge in [-0.2, -0.15) is 0 Å². The molecule has 2 aromatic heterocycles. The van der Waals surface area contributed by atoms with Crippen LogP contribution in [-0.4, -0.2) is 40.5 Å². The first-order valence-electron chi connectivity index (χ1n) is 9.25. The predicted molar refractivity (Wildman–Crippen MR) is 112 cm³/mol. The van der Waals surface area contributed by atoms with Crippen molar-refractivity contribution in [3.63, 3.8) is 0 Å². The normalized spacial score (nSPS) is 12.0. The van der Waals surface area contributed by atoms with Gasteiger partial charge in [-0.25, -0.2) is 19.7 Å². The maximum Gasteiger partial charge on any atom is 0.420 e. The number of methoxy groups -OCH3 is 1. The highest BCUT2D eigenvalue weighted by atomic mass is 16.6. The van der Waals surface area contributed by atoms with Crippen LogP contribution in [0.25, 0.3) is 0 Å². The maximum absolute atomic E-state index is 12.9. The highest BCUT2D eigenvalue weighted by molar-refractivity contribution is 6.13. The standard InChI is InChI=1S/C22H19N5O3/c1-3-12-30-22(28)27(16-8-10-23-11-9-16)21-18(29-2)14-25-20(26-21)19-17-7-5-4-6-15(17)13-24-19/h3-11,14H,1,12-13H2,2H3. The van der Waals surface area contributed by atoms with Crippen molar-refractivity contribution in [2.45, 2.75) is 6.54 Å². The Bertz CT molecular complexity index is 1110. The van der Waals surface area contributed by atoms with Crippen LogP contribution >= 0.6 is 0 Å². The molecule has 0 atom stereocenters. The molecule has 1 amide bonds. The van der Waals surface area contributed by atoms with Crippen LogP contribution in [0.3, 0.4) is 0 Å². The first-order chi connectivity index (χ1) is 14.7. The SMILES string of the molecule is C=CCOC(=O)N(c1ccncc1)c1nc(C2=NCc3ccccc32)ncc1OC. The van der Waals surface area contributed by atoms with Gasteiger partial charge >= 0.3 is 6.09 Å². The van der Waals surface area contributed by atoms with E-state index in [2.05, 4.69) is 26.5 Å². The Balaban J connectivity index is 1.82. The average Bonchev–Trinajstić information content (AvgIpc) is 3.23. The van der Waals surface area contributed by atoms with Crippen LogP contribution in [0.1, 0.15) is 17.0 Å². The highest BCUT2D eigenvalue weighted by Gasteiger charge is 2.27. The minimum absolute atomic E-state index is 0.0563. The lowest BCUT2D eigenvalue weighted by atomic mass is 10.1. The van der Waals surface area contributed by atoms with Gasteiger partial charge in [0.25, 0.3) is 0 Å². The van der Waals surface area contributed by atoms with Gasteiger partial charge in [0.2, 0.25) is 0 Å². The zero-order chi connectivity index (χ0) is 20.9. The van der Waals surface area contributed by atoms with Gasteiger partial charge in [0, 0.05) is 18.0 Å². The number of amides is 1. The van der Waals surface area contributed by atoms with E-state index in [1.165, 1.54) is 24.3 Å². The van der Waals surface area contributed by atoms with Crippen molar-refractivity contribution in [2.24, 2.45) is 4.99 Å². The molecule has 0 spiro atoms. The van der Waals surface area contributed by atoms with Gasteiger partial charge in [0.1, 0.15) is 12.3 Å². The van der Waals surface area contributed by atoms with E-state index < -0.39 is 6.09 Å². The lowest BCUT2D eigenvalue weighted by Gasteiger charge is -2.23. The van der Waals surface area contributed by atoms with Crippen molar-refractivity contribution < 1.29 is 14.3 Å². The van der Waals surface area contributed by atoms with Crippen molar-refractivity contribution in [1.82, 2.24) is 15.0 Å². The number of carbonyl (C=O) groups is 1. The van der Waals surface area contributed by atoms with E-state index in [-0.39, 0.29) is 12.4 Å². The molecule has 0 aliphatic carbocycles. The second-order valence-corrected chi connectivity index (χ2v) is 6.31. The molecule has 0 N–H and O–H groups in total. The van der Waals surface area contributed by atoms with E-state index in [9.17, 15) is 4.79 Å². The molecule has 3 heterocycles. The number of aromatic nitrogens is 3. The minimum atomic E-state index is -0.627. The van der Waals surface area contributed by atoms with E-state index in [0.29, 0.717) is 29.5 Å². The van der Waals surface area contributed by atoms with E-state index in [1.54, 1.807) is 24.5 Å². The zero-order valence-corrected chi connectivity index (χ0v) is 16.4. The first-order valence-corrected chi connectivity index (χ1v) is 9.25. The summed E-state index contributed by atoms with van der Waals surface area (Å²) in [4.78, 5) is 31.9. The number of hydrogen-bond donors (Lipinski definition) is 0. The fourth-order valence-electron chi connectivity index (χ4n) is 3.11. The van der Waals surface area contributed by atoms with Crippen LogP contribution in [-0.2, 0) is 11.3 Å². The molecule has 3 aromatic rings. The third-order valence-electron chi connectivity index (χ3n) is 4.49. The van der Waals surface area contributed by atoms with Crippen molar-refractivity contribution in [3.8, 4) is 5.75 Å². The van der Waals surface area contributed by atoms with Gasteiger partial charge in [-0.3, -0.25) is 9.98 Å². The summed E-state index contributed by atoms with van der Waals surface area (Å²) in [6.45, 7) is 4.20. The number of fused-ring (bicyclic) bond motifs is 1. The van der Waals surface area contributed by atoms with E-state index >= 15 is 0 Å². The van der Waals surface area contributed by atoms with Crippen LogP contribution in [0.5, 0.6) is 5.75 Å². The van der Waals surface area contributed by atoms with Crippen molar-refractivity contribution in [1.29, 1.82) is 0 Å². The molecule has 0 fully saturated rings. The van der Waals surface area contributed by atoms with Crippen LogP contribution in [0.15, 0.2) is 72.6 Å². The third kappa shape index (κ3) is 3.62. The summed E-state index contributed by atoms with van der Waals surface area (Å²) in [7, 11) is 1.49. The number of benzene rings is 1. The molecule has 0 radical (unpaired) electrons. The summed E-state index contributed by atoms with van der Waals surface area (Å²) in [6.07, 6.45) is 5.55. The number of hydrogen-bond acceptors (Lipinski definition) is 7. The molecule has 0 unspecified atom stereocenters. The summed E-state index contributed by atoms with van der Waals surface area (Å²) in [5, 5.41) is 0. The smallest absolute Gasteiger partial charge is 0.420 e. The fraction of sp³-hybridized carbons (Fsp3) is 0.136. The third-order valence-corrected chi connectivity index (χ3v) is 4.49. The van der Waals surface area contributed by atoms with Crippen molar-refractivity contribution >= 4 is 23.3 Å². The predicted octanol–water partition coefficient (Wildman–Crippen LogP) is 3.69. The van der Waals surface area contributed by atoms with Crippen LogP contribution < -0.4 is 9.64 Å². The summed E-state index contributed by atoms with van der Waals surface area (Å²) >= 11 is 0. The molecule has 1 aliphatic heterocycles. The monoisotopic (exact) mass is 401 g/mol. The number of anilines is 2. The second kappa shape index (κ2) is 8.52. The molecule has 4 rings (SSSR count). The number of ether oxygens (including phenoxy) is 2. The molecular formula is C22H19N5O3. The Hall–Kier alpha value is -4.07. The van der Waals surface area contributed by atoms with Crippen LogP contribution in [0, 0.1) is 0 Å². The zero-order valence-electron chi connectivity index (χ0n) is 16.4. The molecule has 30 heavy (non-hydrogen) atoms. The molecule has 8 heteroatoms. The van der Waals surface area contributed by atoms with Gasteiger partial charge in [-0.05, 0) is 17.7 Å². The average molecular weight is 401 g/mol. The lowest BCUT2D eigenvalue weighted by Crippen LogP contribution is -2.29. The van der Waals surface area contributed by atoms with Gasteiger partial charge in [-0.1, -0.05) is 36.9 Å². The highest BCUT2D eigenvalue weighted by Crippen LogP contribution is 2.33. The minimum Gasteiger partial charge on any atom is -0.491 e. The van der Waals surface area contributed by atoms with Crippen molar-refractivity contribution in [3.05, 3.63) is 84.6 Å². The number of aliphatic imine (C=N–C) groups is 1. The Labute approximate surface area is 173 Å². The first kappa shape index (κ1) is 19.3. The topological polar surface area (TPSA) is 89.8 Å². The van der Waals surface area contributed by atoms with Gasteiger partial charge in [0.15, 0.2) is 17.4 Å². The number of carbonyl (C=O) groups excluding carboxylic acids is 1. The van der Waals surface area contributed by atoms with Gasteiger partial charge in [-0.15, -0.1) is 0 Å². The summed E-state index contributed by atoms with van der Waals surface area (Å²) in [6, 6.07) is 11.3. The summed E-state index contributed by atoms with van der Waals surface area (Å²) < 4.78 is 10.7. The van der Waals surface area contributed by atoms with Crippen molar-refractivity contribution in [2.75, 3.05) is 18.6 Å². The van der Waals surface area contributed by atoms with Gasteiger partial charge in [0.05, 0.1) is 25.5 Å². The lowest BCUT2D eigenvalue weighted by molar-refractivity contribution is 0.168. The van der Waals surface area contributed by atoms with Crippen LogP contribution in [0.4, 0.5) is 16.3 Å². The Morgan fingerprint density at radius 1 is 1.23 bits per heavy atom. The molecule has 8 nitrogen and oxygen atoms in total. The molecule has 0 saturated heterocycles. The Morgan fingerprint density at radius 3 is 2.80 bits per heavy atom. The molecular weight excluding hydrogens is 382 g/mol. The maximum atomic E-state index is 12.9. The number of nitrogens with zero attached hydrogens (tertiary/aromatic N) is 5. The molecule has 150 valence electrons. The summed E-state index contributed by atoms with van der Waals surface area (Å²) in [5.74, 6) is 0.958. The Morgan fingerprint density at radius 2 is 2.03 bits per heavy atom. The quantitative estimate of drug-likeness (QED) is 0.585. The van der Waals surface area contributed by atoms with E-state index in [1.807, 2.05) is 24.3 Å². The Kier molecular flexibility index (Phi) is 5.47. The number of pyridine rings is 1. The second-order valence-electron chi connectivity index (χ2n) is 6.31. The number of rotatable bonds is 6. The van der Waals surface area contributed by atoms with Gasteiger partial charge < -0.3 is 9.47 Å². The fourth-order valence-corrected chi connectivity index (χ4v) is 3.11. The molecule has 0 bridgehead atoms. The summed E-state index contributed by atoms with van der Waals surface area (Å²) in [5.41, 5.74) is 3.27. The van der Waals surface area contributed by atoms with Crippen LogP contribution in [0.2, 0.25) is 0 Å². The van der Waals surface area contributed by atoms with E-state index in [0.717, 1.165) is 11.1 Å². The van der Waals surface area contributed by atoms with E-state index in [4.69, 9.17) is 9.47 Å². The largest absolute Gasteiger partial charge is 0.491 e. The molecule has 1 aromatic carbocycles.